The van der Waals surface area contributed by atoms with Gasteiger partial charge in [0.05, 0.1) is 6.61 Å². The van der Waals surface area contributed by atoms with E-state index < -0.39 is 5.97 Å². The Morgan fingerprint density at radius 3 is 2.29 bits per heavy atom. The number of benzene rings is 3. The summed E-state index contributed by atoms with van der Waals surface area (Å²) in [5.41, 5.74) is 5.31. The Kier molecular flexibility index (Phi) is 10.5. The molecule has 0 N–H and O–H groups in total. The van der Waals surface area contributed by atoms with Crippen molar-refractivity contribution in [3.05, 3.63) is 148 Å². The van der Waals surface area contributed by atoms with E-state index in [0.717, 1.165) is 22.4 Å². The molecule has 5 rings (SSSR count). The third-order valence-electron chi connectivity index (χ3n) is 6.98. The predicted octanol–water partition coefficient (Wildman–Crippen LogP) is 5.42. The number of aryl methyl sites for hydroxylation is 1. The first-order valence-corrected chi connectivity index (χ1v) is 15.5. The highest BCUT2D eigenvalue weighted by Crippen LogP contribution is 2.25. The van der Waals surface area contributed by atoms with Crippen LogP contribution in [0.5, 0.6) is 0 Å². The van der Waals surface area contributed by atoms with Crippen LogP contribution in [0.2, 0.25) is 0 Å². The van der Waals surface area contributed by atoms with Crippen molar-refractivity contribution >= 4 is 23.6 Å². The van der Waals surface area contributed by atoms with Gasteiger partial charge in [0, 0.05) is 54.1 Å². The van der Waals surface area contributed by atoms with Gasteiger partial charge < -0.3 is 9.64 Å². The third kappa shape index (κ3) is 8.51. The van der Waals surface area contributed by atoms with E-state index in [1.165, 1.54) is 28.6 Å². The molecule has 0 aliphatic rings. The zero-order chi connectivity index (χ0) is 31.6. The monoisotopic (exact) mass is 619 g/mol. The highest BCUT2D eigenvalue weighted by Gasteiger charge is 2.21. The molecule has 3 aromatic carbocycles. The van der Waals surface area contributed by atoms with Gasteiger partial charge in [-0.25, -0.2) is 9.97 Å². The third-order valence-corrected chi connectivity index (χ3v) is 8.01. The van der Waals surface area contributed by atoms with Crippen LogP contribution >= 0.6 is 11.8 Å². The van der Waals surface area contributed by atoms with Gasteiger partial charge in [-0.3, -0.25) is 19.0 Å². The van der Waals surface area contributed by atoms with E-state index in [0.29, 0.717) is 28.5 Å². The lowest BCUT2D eigenvalue weighted by Gasteiger charge is -2.22. The van der Waals surface area contributed by atoms with E-state index in [2.05, 4.69) is 39.2 Å². The molecule has 0 unspecified atom stereocenters. The van der Waals surface area contributed by atoms with Gasteiger partial charge >= 0.3 is 5.97 Å². The van der Waals surface area contributed by atoms with E-state index in [-0.39, 0.29) is 31.2 Å². The SMILES string of the molecule is CCOC(=O)CN(Cc1ccccc1)C(=O)c1ccc(-n2cc(Cc3cncnc3)c(=O)nc2SCc2ccc(C)cc2)cc1. The minimum atomic E-state index is -0.468. The van der Waals surface area contributed by atoms with Crippen LogP contribution in [0.15, 0.2) is 114 Å². The highest BCUT2D eigenvalue weighted by molar-refractivity contribution is 7.98. The van der Waals surface area contributed by atoms with E-state index in [9.17, 15) is 14.4 Å². The minimum absolute atomic E-state index is 0.167. The standard InChI is InChI=1S/C35H33N5O4S/c1-3-44-32(41)22-39(20-26-7-5-4-6-8-26)34(43)29-13-15-31(16-14-29)40-21-30(17-28-18-36-24-37-19-28)33(42)38-35(40)45-23-27-11-9-25(2)10-12-27/h4-16,18-19,21,24H,3,17,20,22-23H2,1-2H3. The number of aromatic nitrogens is 4. The Bertz CT molecular complexity index is 1800. The van der Waals surface area contributed by atoms with Gasteiger partial charge in [-0.1, -0.05) is 71.9 Å². The van der Waals surface area contributed by atoms with E-state index in [1.54, 1.807) is 37.6 Å². The van der Waals surface area contributed by atoms with Crippen molar-refractivity contribution in [3.63, 3.8) is 0 Å². The molecule has 10 heteroatoms. The van der Waals surface area contributed by atoms with Crippen LogP contribution in [0.1, 0.15) is 45.1 Å². The number of nitrogens with zero attached hydrogens (tertiary/aromatic N) is 5. The summed E-state index contributed by atoms with van der Waals surface area (Å²) in [4.78, 5) is 53.2. The highest BCUT2D eigenvalue weighted by atomic mass is 32.2. The Hall–Kier alpha value is -5.09. The molecule has 0 fully saturated rings. The lowest BCUT2D eigenvalue weighted by Crippen LogP contribution is -2.36. The summed E-state index contributed by atoms with van der Waals surface area (Å²) in [6.07, 6.45) is 6.92. The quantitative estimate of drug-likeness (QED) is 0.104. The average Bonchev–Trinajstić information content (AvgIpc) is 3.06. The Morgan fingerprint density at radius 2 is 1.60 bits per heavy atom. The number of hydrogen-bond donors (Lipinski definition) is 0. The molecule has 2 aromatic heterocycles. The molecule has 0 atom stereocenters. The van der Waals surface area contributed by atoms with E-state index in [1.807, 2.05) is 54.0 Å². The van der Waals surface area contributed by atoms with Crippen molar-refractivity contribution < 1.29 is 14.3 Å². The van der Waals surface area contributed by atoms with Gasteiger partial charge in [0.1, 0.15) is 12.9 Å². The fourth-order valence-corrected chi connectivity index (χ4v) is 5.61. The molecule has 0 bridgehead atoms. The number of carbonyl (C=O) groups excluding carboxylic acids is 2. The van der Waals surface area contributed by atoms with Gasteiger partial charge in [-0.05, 0) is 54.8 Å². The van der Waals surface area contributed by atoms with Crippen molar-refractivity contribution in [2.24, 2.45) is 0 Å². The van der Waals surface area contributed by atoms with Crippen molar-refractivity contribution in [2.75, 3.05) is 13.2 Å². The Labute approximate surface area is 266 Å². The predicted molar refractivity (Wildman–Crippen MR) is 173 cm³/mol. The molecular weight excluding hydrogens is 586 g/mol. The maximum Gasteiger partial charge on any atom is 0.325 e. The van der Waals surface area contributed by atoms with Crippen LogP contribution in [0, 0.1) is 6.92 Å². The summed E-state index contributed by atoms with van der Waals surface area (Å²) < 4.78 is 7.00. The number of ether oxygens (including phenoxy) is 1. The number of hydrogen-bond acceptors (Lipinski definition) is 8. The fourth-order valence-electron chi connectivity index (χ4n) is 4.67. The maximum absolute atomic E-state index is 13.6. The molecule has 45 heavy (non-hydrogen) atoms. The first-order chi connectivity index (χ1) is 21.9. The van der Waals surface area contributed by atoms with Crippen LogP contribution in [-0.4, -0.2) is 49.4 Å². The fraction of sp³-hybridized carbons (Fsp3) is 0.200. The molecule has 0 saturated heterocycles. The van der Waals surface area contributed by atoms with Crippen molar-refractivity contribution in [1.29, 1.82) is 0 Å². The lowest BCUT2D eigenvalue weighted by atomic mass is 10.1. The van der Waals surface area contributed by atoms with Crippen molar-refractivity contribution in [1.82, 2.24) is 24.4 Å². The number of esters is 1. The van der Waals surface area contributed by atoms with Gasteiger partial charge in [-0.15, -0.1) is 0 Å². The Balaban J connectivity index is 1.45. The molecule has 0 aliphatic heterocycles. The molecule has 9 nitrogen and oxygen atoms in total. The number of amides is 1. The topological polar surface area (TPSA) is 107 Å². The van der Waals surface area contributed by atoms with Gasteiger partial charge in [0.25, 0.3) is 11.5 Å². The molecule has 0 spiro atoms. The zero-order valence-corrected chi connectivity index (χ0v) is 25.9. The van der Waals surface area contributed by atoms with Crippen LogP contribution in [-0.2, 0) is 28.2 Å². The van der Waals surface area contributed by atoms with Gasteiger partial charge in [0.2, 0.25) is 0 Å². The first kappa shape index (κ1) is 31.3. The number of rotatable bonds is 12. The second-order valence-electron chi connectivity index (χ2n) is 10.4. The van der Waals surface area contributed by atoms with Crippen LogP contribution in [0.3, 0.4) is 0 Å². The van der Waals surface area contributed by atoms with E-state index >= 15 is 0 Å². The van der Waals surface area contributed by atoms with E-state index in [4.69, 9.17) is 4.74 Å². The van der Waals surface area contributed by atoms with Crippen LogP contribution in [0.25, 0.3) is 5.69 Å². The molecule has 1 amide bonds. The second-order valence-corrected chi connectivity index (χ2v) is 11.4. The van der Waals surface area contributed by atoms with Crippen LogP contribution in [0.4, 0.5) is 0 Å². The summed E-state index contributed by atoms with van der Waals surface area (Å²) in [7, 11) is 0. The summed E-state index contributed by atoms with van der Waals surface area (Å²) in [5.74, 6) is -0.142. The molecule has 2 heterocycles. The largest absolute Gasteiger partial charge is 0.465 e. The summed E-state index contributed by atoms with van der Waals surface area (Å²) in [5, 5.41) is 0.528. The molecule has 0 aliphatic carbocycles. The summed E-state index contributed by atoms with van der Waals surface area (Å²) >= 11 is 1.46. The van der Waals surface area contributed by atoms with Gasteiger partial charge in [-0.2, -0.15) is 4.98 Å². The van der Waals surface area contributed by atoms with Gasteiger partial charge in [0.15, 0.2) is 5.16 Å². The summed E-state index contributed by atoms with van der Waals surface area (Å²) in [6.45, 7) is 4.10. The molecule has 228 valence electrons. The first-order valence-electron chi connectivity index (χ1n) is 14.5. The number of carbonyl (C=O) groups is 2. The molecule has 5 aromatic rings. The molecular formula is C35H33N5O4S. The zero-order valence-electron chi connectivity index (χ0n) is 25.1. The Morgan fingerprint density at radius 1 is 0.889 bits per heavy atom. The molecule has 0 radical (unpaired) electrons. The second kappa shape index (κ2) is 15.1. The van der Waals surface area contributed by atoms with Crippen LogP contribution < -0.4 is 5.56 Å². The van der Waals surface area contributed by atoms with Crippen molar-refractivity contribution in [3.8, 4) is 5.69 Å². The smallest absolute Gasteiger partial charge is 0.325 e. The summed E-state index contributed by atoms with van der Waals surface area (Å²) in [6, 6.07) is 24.8. The average molecular weight is 620 g/mol. The van der Waals surface area contributed by atoms with Crippen molar-refractivity contribution in [2.45, 2.75) is 37.7 Å². The molecule has 0 saturated carbocycles. The lowest BCUT2D eigenvalue weighted by molar-refractivity contribution is -0.143. The normalized spacial score (nSPS) is 10.8. The number of thioether (sulfide) groups is 1. The maximum atomic E-state index is 13.6. The minimum Gasteiger partial charge on any atom is -0.465 e.